The molecular formula is C23H36N4O2. The summed E-state index contributed by atoms with van der Waals surface area (Å²) in [5, 5.41) is 0. The molecule has 2 N–H and O–H groups in total. The fourth-order valence-electron chi connectivity index (χ4n) is 3.75. The molecule has 1 amide bonds. The largest absolute Gasteiger partial charge is 0.371 e. The van der Waals surface area contributed by atoms with Crippen molar-refractivity contribution < 1.29 is 9.53 Å². The summed E-state index contributed by atoms with van der Waals surface area (Å²) in [5.41, 5.74) is 7.64. The number of nitrogens with two attached hydrogens (primary N) is 1. The number of aliphatic imine (C=N–C) groups is 2. The fourth-order valence-corrected chi connectivity index (χ4v) is 3.75. The molecule has 0 aliphatic carbocycles. The molecule has 2 rings (SSSR count). The Balaban J connectivity index is 2.55. The van der Waals surface area contributed by atoms with Gasteiger partial charge in [-0.25, -0.2) is 4.99 Å². The van der Waals surface area contributed by atoms with E-state index in [0.29, 0.717) is 25.5 Å². The van der Waals surface area contributed by atoms with Crippen LogP contribution in [0.1, 0.15) is 40.2 Å². The molecule has 0 radical (unpaired) electrons. The molecule has 1 aromatic carbocycles. The van der Waals surface area contributed by atoms with Gasteiger partial charge in [0.2, 0.25) is 5.91 Å². The standard InChI is InChI=1S/C23H36N4O2/c1-16(2)20(26-22(25-6)18-10-8-7-9-11-18)21(23(3,4)5)27-13-17(12-24)14-29-15-19(27)28/h7-11,16-17,21H,12-15,24H2,1-6H3. The van der Waals surface area contributed by atoms with Gasteiger partial charge >= 0.3 is 0 Å². The van der Waals surface area contributed by atoms with Gasteiger partial charge in [-0.2, -0.15) is 0 Å². The maximum atomic E-state index is 13.0. The molecule has 0 saturated carbocycles. The number of nitrogens with zero attached hydrogens (tertiary/aromatic N) is 3. The molecule has 1 heterocycles. The third-order valence-corrected chi connectivity index (χ3v) is 5.17. The fraction of sp³-hybridized carbons (Fsp3) is 0.609. The Kier molecular flexibility index (Phi) is 8.11. The first-order valence-corrected chi connectivity index (χ1v) is 10.4. The zero-order chi connectivity index (χ0) is 21.6. The average molecular weight is 401 g/mol. The minimum absolute atomic E-state index is 0.0103. The highest BCUT2D eigenvalue weighted by atomic mass is 16.5. The van der Waals surface area contributed by atoms with Crippen molar-refractivity contribution in [2.45, 2.75) is 40.7 Å². The van der Waals surface area contributed by atoms with E-state index >= 15 is 0 Å². The van der Waals surface area contributed by atoms with Gasteiger partial charge in [0.25, 0.3) is 0 Å². The smallest absolute Gasteiger partial charge is 0.249 e. The molecule has 2 unspecified atom stereocenters. The third-order valence-electron chi connectivity index (χ3n) is 5.17. The molecule has 0 aromatic heterocycles. The van der Waals surface area contributed by atoms with Crippen molar-refractivity contribution in [1.82, 2.24) is 4.90 Å². The van der Waals surface area contributed by atoms with E-state index in [1.54, 1.807) is 7.05 Å². The lowest BCUT2D eigenvalue weighted by atomic mass is 9.79. The molecule has 1 fully saturated rings. The van der Waals surface area contributed by atoms with E-state index in [1.165, 1.54) is 0 Å². The second-order valence-electron chi connectivity index (χ2n) is 9.04. The second kappa shape index (κ2) is 10.1. The Bertz CT molecular complexity index is 735. The number of amides is 1. The van der Waals surface area contributed by atoms with Gasteiger partial charge in [-0.05, 0) is 17.9 Å². The third kappa shape index (κ3) is 5.97. The number of benzene rings is 1. The number of ether oxygens (including phenoxy) is 1. The summed E-state index contributed by atoms with van der Waals surface area (Å²) in [6, 6.07) is 9.77. The summed E-state index contributed by atoms with van der Waals surface area (Å²) in [7, 11) is 1.76. The highest BCUT2D eigenvalue weighted by Crippen LogP contribution is 2.30. The van der Waals surface area contributed by atoms with E-state index in [9.17, 15) is 4.79 Å². The molecule has 6 heteroatoms. The van der Waals surface area contributed by atoms with Crippen LogP contribution in [-0.4, -0.2) is 61.7 Å². The summed E-state index contributed by atoms with van der Waals surface area (Å²) in [6.07, 6.45) is 0. The molecular weight excluding hydrogens is 364 g/mol. The molecule has 0 bridgehead atoms. The van der Waals surface area contributed by atoms with Gasteiger partial charge in [-0.1, -0.05) is 65.0 Å². The maximum absolute atomic E-state index is 13.0. The van der Waals surface area contributed by atoms with Crippen LogP contribution in [0.3, 0.4) is 0 Å². The van der Waals surface area contributed by atoms with E-state index < -0.39 is 0 Å². The normalized spacial score (nSPS) is 20.8. The molecule has 29 heavy (non-hydrogen) atoms. The second-order valence-corrected chi connectivity index (χ2v) is 9.04. The number of hydrogen-bond donors (Lipinski definition) is 1. The summed E-state index contributed by atoms with van der Waals surface area (Å²) < 4.78 is 5.58. The van der Waals surface area contributed by atoms with E-state index in [4.69, 9.17) is 15.5 Å². The van der Waals surface area contributed by atoms with Crippen LogP contribution in [0.5, 0.6) is 0 Å². The van der Waals surface area contributed by atoms with Crippen molar-refractivity contribution in [2.24, 2.45) is 33.0 Å². The molecule has 2 atom stereocenters. The van der Waals surface area contributed by atoms with Crippen LogP contribution < -0.4 is 5.73 Å². The quantitative estimate of drug-likeness (QED) is 0.609. The van der Waals surface area contributed by atoms with Crippen molar-refractivity contribution in [3.63, 3.8) is 0 Å². The SMILES string of the molecule is CN=C(N=C(C(C)C)C(N1CC(CN)COCC1=O)C(C)(C)C)c1ccccc1. The van der Waals surface area contributed by atoms with Gasteiger partial charge in [0.15, 0.2) is 5.84 Å². The monoisotopic (exact) mass is 400 g/mol. The lowest BCUT2D eigenvalue weighted by molar-refractivity contribution is -0.136. The lowest BCUT2D eigenvalue weighted by Crippen LogP contribution is -2.55. The molecule has 1 aromatic rings. The Morgan fingerprint density at radius 2 is 1.93 bits per heavy atom. The first-order valence-electron chi connectivity index (χ1n) is 10.4. The topological polar surface area (TPSA) is 80.3 Å². The van der Waals surface area contributed by atoms with Crippen molar-refractivity contribution in [1.29, 1.82) is 0 Å². The Labute approximate surface area is 175 Å². The average Bonchev–Trinajstić information content (AvgIpc) is 2.85. The first kappa shape index (κ1) is 23.2. The molecule has 1 aliphatic heterocycles. The van der Waals surface area contributed by atoms with Gasteiger partial charge in [0.1, 0.15) is 6.61 Å². The van der Waals surface area contributed by atoms with Crippen molar-refractivity contribution in [3.05, 3.63) is 35.9 Å². The van der Waals surface area contributed by atoms with Crippen molar-refractivity contribution in [3.8, 4) is 0 Å². The summed E-state index contributed by atoms with van der Waals surface area (Å²) in [6.45, 7) is 12.3. The van der Waals surface area contributed by atoms with E-state index in [0.717, 1.165) is 11.3 Å². The predicted octanol–water partition coefficient (Wildman–Crippen LogP) is 3.01. The van der Waals surface area contributed by atoms with Crippen molar-refractivity contribution in [2.75, 3.05) is 33.4 Å². The molecule has 0 spiro atoms. The van der Waals surface area contributed by atoms with Crippen LogP contribution in [0.2, 0.25) is 0 Å². The molecule has 160 valence electrons. The van der Waals surface area contributed by atoms with Crippen LogP contribution in [0.15, 0.2) is 40.3 Å². The summed E-state index contributed by atoms with van der Waals surface area (Å²) in [4.78, 5) is 24.4. The van der Waals surface area contributed by atoms with Gasteiger partial charge in [0.05, 0.1) is 12.6 Å². The minimum Gasteiger partial charge on any atom is -0.371 e. The zero-order valence-electron chi connectivity index (χ0n) is 18.7. The Morgan fingerprint density at radius 1 is 1.28 bits per heavy atom. The highest BCUT2D eigenvalue weighted by Gasteiger charge is 2.40. The number of carbonyl (C=O) groups is 1. The molecule has 1 saturated heterocycles. The minimum atomic E-state index is -0.211. The van der Waals surface area contributed by atoms with E-state index in [-0.39, 0.29) is 35.8 Å². The zero-order valence-corrected chi connectivity index (χ0v) is 18.7. The van der Waals surface area contributed by atoms with Crippen LogP contribution in [-0.2, 0) is 9.53 Å². The van der Waals surface area contributed by atoms with Crippen LogP contribution in [0.25, 0.3) is 0 Å². The lowest BCUT2D eigenvalue weighted by Gasteiger charge is -2.42. The van der Waals surface area contributed by atoms with Gasteiger partial charge in [0, 0.05) is 30.8 Å². The first-order chi connectivity index (χ1) is 13.7. The summed E-state index contributed by atoms with van der Waals surface area (Å²) >= 11 is 0. The molecule has 6 nitrogen and oxygen atoms in total. The molecule has 1 aliphatic rings. The Hall–Kier alpha value is -2.05. The number of rotatable bonds is 5. The maximum Gasteiger partial charge on any atom is 0.249 e. The van der Waals surface area contributed by atoms with Crippen LogP contribution >= 0.6 is 0 Å². The van der Waals surface area contributed by atoms with Gasteiger partial charge in [-0.3, -0.25) is 9.79 Å². The van der Waals surface area contributed by atoms with E-state index in [2.05, 4.69) is 39.6 Å². The predicted molar refractivity (Wildman–Crippen MR) is 119 cm³/mol. The number of hydrogen-bond acceptors (Lipinski definition) is 4. The number of amidine groups is 1. The Morgan fingerprint density at radius 3 is 2.45 bits per heavy atom. The highest BCUT2D eigenvalue weighted by molar-refractivity contribution is 6.09. The van der Waals surface area contributed by atoms with Gasteiger partial charge < -0.3 is 15.4 Å². The summed E-state index contributed by atoms with van der Waals surface area (Å²) in [5.74, 6) is 0.933. The van der Waals surface area contributed by atoms with Crippen molar-refractivity contribution >= 4 is 17.5 Å². The number of carbonyl (C=O) groups excluding carboxylic acids is 1. The van der Waals surface area contributed by atoms with E-state index in [1.807, 2.05) is 35.2 Å². The van der Waals surface area contributed by atoms with Crippen LogP contribution in [0, 0.1) is 17.3 Å². The van der Waals surface area contributed by atoms with Gasteiger partial charge in [-0.15, -0.1) is 0 Å². The van der Waals surface area contributed by atoms with Crippen LogP contribution in [0.4, 0.5) is 0 Å².